The summed E-state index contributed by atoms with van der Waals surface area (Å²) in [6, 6.07) is 6.43. The molecule has 5 heteroatoms. The Balaban J connectivity index is 1.81. The summed E-state index contributed by atoms with van der Waals surface area (Å²) < 4.78 is 0. The number of carbonyl (C=O) groups is 2. The lowest BCUT2D eigenvalue weighted by Crippen LogP contribution is -2.50. The van der Waals surface area contributed by atoms with Crippen molar-refractivity contribution < 1.29 is 14.7 Å². The summed E-state index contributed by atoms with van der Waals surface area (Å²) in [6.07, 6.45) is 2.99. The van der Waals surface area contributed by atoms with Crippen molar-refractivity contribution >= 4 is 12.0 Å². The van der Waals surface area contributed by atoms with Crippen LogP contribution >= 0.6 is 0 Å². The molecule has 1 aromatic carbocycles. The number of fused-ring (bicyclic) bond motifs is 1. The first-order valence-corrected chi connectivity index (χ1v) is 7.45. The molecule has 2 aliphatic rings. The number of benzene rings is 1. The van der Waals surface area contributed by atoms with Gasteiger partial charge in [0.2, 0.25) is 0 Å². The number of carbonyl (C=O) groups excluding carboxylic acids is 1. The van der Waals surface area contributed by atoms with Crippen LogP contribution in [-0.2, 0) is 11.2 Å². The van der Waals surface area contributed by atoms with Crippen LogP contribution in [0.15, 0.2) is 24.3 Å². The normalized spacial score (nSPS) is 22.3. The van der Waals surface area contributed by atoms with E-state index in [0.717, 1.165) is 24.0 Å². The molecule has 3 rings (SSSR count). The molecule has 2 N–H and O–H groups in total. The Kier molecular flexibility index (Phi) is 3.57. The maximum absolute atomic E-state index is 12.4. The molecule has 1 heterocycles. The number of amides is 2. The van der Waals surface area contributed by atoms with E-state index in [2.05, 4.69) is 5.32 Å². The van der Waals surface area contributed by atoms with Gasteiger partial charge in [0.1, 0.15) is 0 Å². The molecule has 1 saturated carbocycles. The lowest BCUT2D eigenvalue weighted by molar-refractivity contribution is -0.142. The van der Waals surface area contributed by atoms with Gasteiger partial charge in [-0.25, -0.2) is 9.59 Å². The van der Waals surface area contributed by atoms with Crippen LogP contribution in [0.5, 0.6) is 0 Å². The minimum atomic E-state index is -0.976. The summed E-state index contributed by atoms with van der Waals surface area (Å²) in [5, 5.41) is 12.5. The van der Waals surface area contributed by atoms with Gasteiger partial charge in [0.15, 0.2) is 6.04 Å². The number of nitrogens with one attached hydrogen (secondary N) is 1. The number of nitrogens with zero attached hydrogens (tertiary/aromatic N) is 1. The van der Waals surface area contributed by atoms with Crippen LogP contribution in [0.1, 0.15) is 36.9 Å². The average Bonchev–Trinajstić information content (AvgIpc) is 3.30. The predicted molar refractivity (Wildman–Crippen MR) is 77.9 cm³/mol. The molecule has 0 spiro atoms. The highest BCUT2D eigenvalue weighted by molar-refractivity contribution is 5.85. The Labute approximate surface area is 123 Å². The highest BCUT2D eigenvalue weighted by Gasteiger charge is 2.37. The summed E-state index contributed by atoms with van der Waals surface area (Å²) in [4.78, 5) is 25.5. The molecule has 0 radical (unpaired) electrons. The van der Waals surface area contributed by atoms with Crippen molar-refractivity contribution in [1.82, 2.24) is 10.2 Å². The molecule has 0 saturated heterocycles. The summed E-state index contributed by atoms with van der Waals surface area (Å²) in [5.41, 5.74) is 1.75. The molecule has 5 nitrogen and oxygen atoms in total. The van der Waals surface area contributed by atoms with Gasteiger partial charge in [-0.3, -0.25) is 0 Å². The van der Waals surface area contributed by atoms with Gasteiger partial charge in [-0.15, -0.1) is 0 Å². The van der Waals surface area contributed by atoms with Gasteiger partial charge < -0.3 is 15.3 Å². The smallest absolute Gasteiger partial charge is 0.331 e. The zero-order valence-corrected chi connectivity index (χ0v) is 12.1. The number of aliphatic carboxylic acids is 1. The second kappa shape index (κ2) is 5.39. The van der Waals surface area contributed by atoms with Crippen LogP contribution < -0.4 is 5.32 Å². The number of urea groups is 1. The second-order valence-corrected chi connectivity index (χ2v) is 5.96. The summed E-state index contributed by atoms with van der Waals surface area (Å²) in [7, 11) is 0. The van der Waals surface area contributed by atoms with E-state index < -0.39 is 12.0 Å². The number of hydrogen-bond donors (Lipinski definition) is 2. The molecule has 0 bridgehead atoms. The van der Waals surface area contributed by atoms with Crippen LogP contribution in [-0.4, -0.2) is 34.6 Å². The van der Waals surface area contributed by atoms with Crippen LogP contribution in [0, 0.1) is 5.92 Å². The van der Waals surface area contributed by atoms with Crippen molar-refractivity contribution in [2.75, 3.05) is 6.54 Å². The zero-order valence-electron chi connectivity index (χ0n) is 12.1. The monoisotopic (exact) mass is 288 g/mol. The fraction of sp³-hybridized carbons (Fsp3) is 0.500. The van der Waals surface area contributed by atoms with Crippen LogP contribution in [0.4, 0.5) is 4.79 Å². The molecule has 2 amide bonds. The first-order chi connectivity index (χ1) is 10.1. The average molecular weight is 288 g/mol. The number of carboxylic acid groups (broad SMARTS) is 1. The van der Waals surface area contributed by atoms with Gasteiger partial charge >= 0.3 is 12.0 Å². The standard InChI is InChI=1S/C16H20N2O3/c1-10(11-6-7-11)17-16(21)18-9-8-12-4-2-3-5-13(12)14(18)15(19)20/h2-5,10-11,14H,6-9H2,1H3,(H,17,21)(H,19,20). The van der Waals surface area contributed by atoms with Crippen LogP contribution in [0.3, 0.4) is 0 Å². The fourth-order valence-corrected chi connectivity index (χ4v) is 3.04. The van der Waals surface area contributed by atoms with Crippen molar-refractivity contribution in [2.45, 2.75) is 38.3 Å². The Morgan fingerprint density at radius 3 is 2.71 bits per heavy atom. The van der Waals surface area contributed by atoms with E-state index in [1.165, 1.54) is 4.90 Å². The SMILES string of the molecule is CC(NC(=O)N1CCc2ccccc2C1C(=O)O)C1CC1. The third-order valence-electron chi connectivity index (χ3n) is 4.46. The van der Waals surface area contributed by atoms with Crippen molar-refractivity contribution in [2.24, 2.45) is 5.92 Å². The van der Waals surface area contributed by atoms with Gasteiger partial charge in [0, 0.05) is 12.6 Å². The minimum absolute atomic E-state index is 0.115. The highest BCUT2D eigenvalue weighted by atomic mass is 16.4. The summed E-state index contributed by atoms with van der Waals surface area (Å²) >= 11 is 0. The van der Waals surface area contributed by atoms with Crippen molar-refractivity contribution in [3.63, 3.8) is 0 Å². The van der Waals surface area contributed by atoms with E-state index in [9.17, 15) is 14.7 Å². The topological polar surface area (TPSA) is 69.6 Å². The highest BCUT2D eigenvalue weighted by Crippen LogP contribution is 2.33. The van der Waals surface area contributed by atoms with Crippen molar-refractivity contribution in [1.29, 1.82) is 0 Å². The van der Waals surface area contributed by atoms with Gasteiger partial charge in [0.05, 0.1) is 0 Å². The van der Waals surface area contributed by atoms with E-state index in [-0.39, 0.29) is 12.1 Å². The zero-order chi connectivity index (χ0) is 15.0. The van der Waals surface area contributed by atoms with Gasteiger partial charge in [-0.05, 0) is 43.2 Å². The quantitative estimate of drug-likeness (QED) is 0.895. The van der Waals surface area contributed by atoms with Gasteiger partial charge in [-0.2, -0.15) is 0 Å². The summed E-state index contributed by atoms with van der Waals surface area (Å²) in [6.45, 7) is 2.43. The first-order valence-electron chi connectivity index (χ1n) is 7.45. The molecule has 1 aliphatic heterocycles. The molecule has 1 aliphatic carbocycles. The van der Waals surface area contributed by atoms with Crippen molar-refractivity contribution in [3.8, 4) is 0 Å². The molecule has 1 fully saturated rings. The molecular formula is C16H20N2O3. The molecule has 112 valence electrons. The summed E-state index contributed by atoms with van der Waals surface area (Å²) in [5.74, 6) is -0.425. The largest absolute Gasteiger partial charge is 0.479 e. The number of carboxylic acids is 1. The Bertz CT molecular complexity index is 568. The lowest BCUT2D eigenvalue weighted by Gasteiger charge is -2.35. The third kappa shape index (κ3) is 2.73. The van der Waals surface area contributed by atoms with E-state index in [1.807, 2.05) is 25.1 Å². The lowest BCUT2D eigenvalue weighted by atomic mass is 9.93. The maximum Gasteiger partial charge on any atom is 0.331 e. The second-order valence-electron chi connectivity index (χ2n) is 5.96. The number of rotatable bonds is 3. The minimum Gasteiger partial charge on any atom is -0.479 e. The van der Waals surface area contributed by atoms with Gasteiger partial charge in [-0.1, -0.05) is 24.3 Å². The van der Waals surface area contributed by atoms with E-state index in [1.54, 1.807) is 6.07 Å². The Morgan fingerprint density at radius 2 is 2.05 bits per heavy atom. The van der Waals surface area contributed by atoms with Crippen LogP contribution in [0.2, 0.25) is 0 Å². The van der Waals surface area contributed by atoms with E-state index >= 15 is 0 Å². The third-order valence-corrected chi connectivity index (χ3v) is 4.46. The van der Waals surface area contributed by atoms with E-state index in [0.29, 0.717) is 18.9 Å². The van der Waals surface area contributed by atoms with Gasteiger partial charge in [0.25, 0.3) is 0 Å². The van der Waals surface area contributed by atoms with Crippen LogP contribution in [0.25, 0.3) is 0 Å². The Hall–Kier alpha value is -2.04. The molecule has 2 atom stereocenters. The maximum atomic E-state index is 12.4. The molecule has 0 aromatic heterocycles. The Morgan fingerprint density at radius 1 is 1.33 bits per heavy atom. The number of hydrogen-bond acceptors (Lipinski definition) is 2. The first kappa shape index (κ1) is 13.9. The molecule has 1 aromatic rings. The molecule has 2 unspecified atom stereocenters. The molecule has 21 heavy (non-hydrogen) atoms. The fourth-order valence-electron chi connectivity index (χ4n) is 3.04. The predicted octanol–water partition coefficient (Wildman–Crippen LogP) is 2.18. The molecular weight excluding hydrogens is 268 g/mol. The van der Waals surface area contributed by atoms with Crippen molar-refractivity contribution in [3.05, 3.63) is 35.4 Å². The van der Waals surface area contributed by atoms with E-state index in [4.69, 9.17) is 0 Å².